The van der Waals surface area contributed by atoms with E-state index in [2.05, 4.69) is 0 Å². The minimum atomic E-state index is -1.16. The quantitative estimate of drug-likeness (QED) is 0.854. The summed E-state index contributed by atoms with van der Waals surface area (Å²) in [4.78, 5) is 13.5. The maximum atomic E-state index is 13.5. The second-order valence-electron chi connectivity index (χ2n) is 4.09. The van der Waals surface area contributed by atoms with Crippen LogP contribution in [0.3, 0.4) is 0 Å². The van der Waals surface area contributed by atoms with Crippen LogP contribution in [-0.2, 0) is 0 Å². The van der Waals surface area contributed by atoms with Gasteiger partial charge >= 0.3 is 0 Å². The van der Waals surface area contributed by atoms with E-state index < -0.39 is 17.5 Å². The van der Waals surface area contributed by atoms with Crippen molar-refractivity contribution in [2.75, 3.05) is 6.54 Å². The molecule has 0 saturated heterocycles. The minimum Gasteiger partial charge on any atom is -0.392 e. The molecular formula is C12H14F2N2OS. The van der Waals surface area contributed by atoms with Crippen molar-refractivity contribution in [3.8, 4) is 0 Å². The first-order valence-electron chi connectivity index (χ1n) is 5.38. The highest BCUT2D eigenvalue weighted by Gasteiger charge is 2.23. The van der Waals surface area contributed by atoms with Gasteiger partial charge in [0.25, 0.3) is 5.91 Å². The Morgan fingerprint density at radius 2 is 2.06 bits per heavy atom. The van der Waals surface area contributed by atoms with Crippen LogP contribution in [0.2, 0.25) is 0 Å². The number of amides is 1. The molecule has 6 heteroatoms. The molecule has 18 heavy (non-hydrogen) atoms. The van der Waals surface area contributed by atoms with Crippen LogP contribution in [0.15, 0.2) is 18.2 Å². The highest BCUT2D eigenvalue weighted by Crippen LogP contribution is 2.15. The van der Waals surface area contributed by atoms with E-state index in [0.29, 0.717) is 0 Å². The van der Waals surface area contributed by atoms with Gasteiger partial charge in [-0.15, -0.1) is 0 Å². The molecule has 2 N–H and O–H groups in total. The molecule has 0 atom stereocenters. The Hall–Kier alpha value is -1.56. The van der Waals surface area contributed by atoms with E-state index >= 15 is 0 Å². The third-order valence-corrected chi connectivity index (χ3v) is 2.52. The third kappa shape index (κ3) is 3.22. The van der Waals surface area contributed by atoms with Crippen molar-refractivity contribution in [2.45, 2.75) is 19.9 Å². The molecule has 98 valence electrons. The van der Waals surface area contributed by atoms with Crippen molar-refractivity contribution in [1.82, 2.24) is 4.90 Å². The fraction of sp³-hybridized carbons (Fsp3) is 0.333. The summed E-state index contributed by atoms with van der Waals surface area (Å²) < 4.78 is 26.6. The normalized spacial score (nSPS) is 10.5. The van der Waals surface area contributed by atoms with Gasteiger partial charge in [0.1, 0.15) is 0 Å². The lowest BCUT2D eigenvalue weighted by Crippen LogP contribution is -2.42. The number of hydrogen-bond acceptors (Lipinski definition) is 2. The molecule has 0 aromatic heterocycles. The molecule has 0 aliphatic heterocycles. The standard InChI is InChI=1S/C12H14F2N2OS/c1-7(2)16(6-10(15)18)12(17)8-4-3-5-9(13)11(8)14/h3-5,7H,6H2,1-2H3,(H2,15,18). The molecule has 0 fully saturated rings. The van der Waals surface area contributed by atoms with E-state index in [1.54, 1.807) is 13.8 Å². The SMILES string of the molecule is CC(C)N(CC(N)=S)C(=O)c1cccc(F)c1F. The summed E-state index contributed by atoms with van der Waals surface area (Å²) in [6.45, 7) is 3.52. The van der Waals surface area contributed by atoms with Crippen LogP contribution in [0.25, 0.3) is 0 Å². The van der Waals surface area contributed by atoms with Gasteiger partial charge in [-0.25, -0.2) is 8.78 Å². The molecule has 3 nitrogen and oxygen atoms in total. The molecule has 1 aromatic rings. The summed E-state index contributed by atoms with van der Waals surface area (Å²) in [5.74, 6) is -2.84. The van der Waals surface area contributed by atoms with Crippen molar-refractivity contribution in [3.05, 3.63) is 35.4 Å². The molecule has 0 unspecified atom stereocenters. The van der Waals surface area contributed by atoms with Crippen LogP contribution in [0.4, 0.5) is 8.78 Å². The van der Waals surface area contributed by atoms with Crippen molar-refractivity contribution in [2.24, 2.45) is 5.73 Å². The first kappa shape index (κ1) is 14.5. The molecule has 0 spiro atoms. The van der Waals surface area contributed by atoms with E-state index in [1.165, 1.54) is 17.0 Å². The predicted octanol–water partition coefficient (Wildman–Crippen LogP) is 2.10. The van der Waals surface area contributed by atoms with Crippen LogP contribution in [0.1, 0.15) is 24.2 Å². The number of rotatable bonds is 4. The Balaban J connectivity index is 3.10. The van der Waals surface area contributed by atoms with E-state index in [1.807, 2.05) is 0 Å². The summed E-state index contributed by atoms with van der Waals surface area (Å²) in [5, 5.41) is 0. The third-order valence-electron chi connectivity index (χ3n) is 2.39. The Labute approximate surface area is 110 Å². The topological polar surface area (TPSA) is 46.3 Å². The summed E-state index contributed by atoms with van der Waals surface area (Å²) in [5.41, 5.74) is 5.07. The van der Waals surface area contributed by atoms with Crippen LogP contribution in [0.5, 0.6) is 0 Å². The Morgan fingerprint density at radius 3 is 2.56 bits per heavy atom. The van der Waals surface area contributed by atoms with E-state index in [0.717, 1.165) is 6.07 Å². The maximum Gasteiger partial charge on any atom is 0.257 e. The fourth-order valence-corrected chi connectivity index (χ4v) is 1.62. The van der Waals surface area contributed by atoms with Crippen molar-refractivity contribution in [3.63, 3.8) is 0 Å². The lowest BCUT2D eigenvalue weighted by molar-refractivity contribution is 0.0730. The largest absolute Gasteiger partial charge is 0.392 e. The van der Waals surface area contributed by atoms with Crippen LogP contribution >= 0.6 is 12.2 Å². The zero-order valence-electron chi connectivity index (χ0n) is 10.1. The number of nitrogens with two attached hydrogens (primary N) is 1. The van der Waals surface area contributed by atoms with Gasteiger partial charge in [0.2, 0.25) is 0 Å². The van der Waals surface area contributed by atoms with Crippen molar-refractivity contribution < 1.29 is 13.6 Å². The highest BCUT2D eigenvalue weighted by atomic mass is 32.1. The van der Waals surface area contributed by atoms with Gasteiger partial charge in [-0.1, -0.05) is 18.3 Å². The minimum absolute atomic E-state index is 0.0296. The fourth-order valence-electron chi connectivity index (χ4n) is 1.48. The van der Waals surface area contributed by atoms with Gasteiger partial charge < -0.3 is 10.6 Å². The van der Waals surface area contributed by atoms with Crippen molar-refractivity contribution in [1.29, 1.82) is 0 Å². The maximum absolute atomic E-state index is 13.5. The van der Waals surface area contributed by atoms with E-state index in [9.17, 15) is 13.6 Å². The molecule has 0 saturated carbocycles. The van der Waals surface area contributed by atoms with Gasteiger partial charge in [0, 0.05) is 6.04 Å². The second kappa shape index (κ2) is 5.86. The van der Waals surface area contributed by atoms with Gasteiger partial charge in [-0.2, -0.15) is 0 Å². The molecule has 0 aliphatic rings. The number of hydrogen-bond donors (Lipinski definition) is 1. The Kier molecular flexibility index (Phi) is 4.72. The number of carbonyl (C=O) groups excluding carboxylic acids is 1. The number of halogens is 2. The predicted molar refractivity (Wildman–Crippen MR) is 69.3 cm³/mol. The molecule has 0 radical (unpaired) electrons. The average molecular weight is 272 g/mol. The lowest BCUT2D eigenvalue weighted by atomic mass is 10.1. The molecule has 1 rings (SSSR count). The number of nitrogens with zero attached hydrogens (tertiary/aromatic N) is 1. The van der Waals surface area contributed by atoms with Crippen LogP contribution < -0.4 is 5.73 Å². The van der Waals surface area contributed by atoms with Gasteiger partial charge in [-0.05, 0) is 26.0 Å². The molecule has 1 aromatic carbocycles. The van der Waals surface area contributed by atoms with Gasteiger partial charge in [0.15, 0.2) is 11.6 Å². The Bertz CT molecular complexity index is 477. The smallest absolute Gasteiger partial charge is 0.257 e. The molecule has 0 bridgehead atoms. The molecule has 1 amide bonds. The summed E-state index contributed by atoms with van der Waals surface area (Å²) in [7, 11) is 0. The molecule has 0 heterocycles. The van der Waals surface area contributed by atoms with Crippen LogP contribution in [0, 0.1) is 11.6 Å². The zero-order chi connectivity index (χ0) is 13.9. The summed E-state index contributed by atoms with van der Waals surface area (Å²) in [6.07, 6.45) is 0. The van der Waals surface area contributed by atoms with E-state index in [-0.39, 0.29) is 23.1 Å². The summed E-state index contributed by atoms with van der Waals surface area (Å²) >= 11 is 4.73. The highest BCUT2D eigenvalue weighted by molar-refractivity contribution is 7.80. The molecular weight excluding hydrogens is 258 g/mol. The van der Waals surface area contributed by atoms with Crippen LogP contribution in [-0.4, -0.2) is 28.4 Å². The van der Waals surface area contributed by atoms with E-state index in [4.69, 9.17) is 18.0 Å². The first-order chi connectivity index (χ1) is 8.34. The number of thiocarbonyl (C=S) groups is 1. The van der Waals surface area contributed by atoms with Gasteiger partial charge in [0.05, 0.1) is 17.1 Å². The first-order valence-corrected chi connectivity index (χ1v) is 5.78. The van der Waals surface area contributed by atoms with Crippen molar-refractivity contribution >= 4 is 23.1 Å². The molecule has 0 aliphatic carbocycles. The number of benzene rings is 1. The Morgan fingerprint density at radius 1 is 1.44 bits per heavy atom. The number of carbonyl (C=O) groups is 1. The zero-order valence-corrected chi connectivity index (χ0v) is 10.9. The monoisotopic (exact) mass is 272 g/mol. The average Bonchev–Trinajstić information content (AvgIpc) is 2.28. The lowest BCUT2D eigenvalue weighted by Gasteiger charge is -2.26. The summed E-state index contributed by atoms with van der Waals surface area (Å²) in [6, 6.07) is 3.25. The second-order valence-corrected chi connectivity index (χ2v) is 4.62. The van der Waals surface area contributed by atoms with Gasteiger partial charge in [-0.3, -0.25) is 4.79 Å².